The molecule has 0 fully saturated rings. The van der Waals surface area contributed by atoms with Crippen LogP contribution in [0.1, 0.15) is 15.9 Å². The first kappa shape index (κ1) is 14.8. The summed E-state index contributed by atoms with van der Waals surface area (Å²) in [5.74, 6) is -0.0397. The third-order valence-electron chi connectivity index (χ3n) is 2.65. The van der Waals surface area contributed by atoms with Gasteiger partial charge in [0, 0.05) is 15.1 Å². The molecule has 0 N–H and O–H groups in total. The molecule has 0 spiro atoms. The third-order valence-corrected chi connectivity index (χ3v) is 3.43. The van der Waals surface area contributed by atoms with Crippen molar-refractivity contribution in [3.63, 3.8) is 0 Å². The van der Waals surface area contributed by atoms with E-state index in [-0.39, 0.29) is 5.78 Å². The number of carbonyl (C=O) groups excluding carboxylic acids is 1. The molecule has 0 aliphatic heterocycles. The number of hydrogen-bond acceptors (Lipinski definition) is 1. The van der Waals surface area contributed by atoms with E-state index < -0.39 is 0 Å². The first-order valence-electron chi connectivity index (χ1n) is 6.05. The van der Waals surface area contributed by atoms with E-state index in [0.29, 0.717) is 10.6 Å². The molecule has 2 rings (SSSR count). The van der Waals surface area contributed by atoms with E-state index in [1.165, 1.54) is 0 Å². The van der Waals surface area contributed by atoms with E-state index >= 15 is 0 Å². The molecule has 0 unspecified atom stereocenters. The van der Waals surface area contributed by atoms with Crippen molar-refractivity contribution in [3.8, 4) is 0 Å². The minimum absolute atomic E-state index is 0.0397. The van der Waals surface area contributed by atoms with E-state index in [1.807, 2.05) is 36.4 Å². The first-order chi connectivity index (χ1) is 9.65. The Labute approximate surface area is 131 Å². The quantitative estimate of drug-likeness (QED) is 0.402. The molecular weight excluding hydrogens is 336 g/mol. The second-order valence-electron chi connectivity index (χ2n) is 4.14. The molecular formula is C17H12BrClO. The van der Waals surface area contributed by atoms with Crippen LogP contribution in [0.5, 0.6) is 0 Å². The number of hydrogen-bond donors (Lipinski definition) is 0. The van der Waals surface area contributed by atoms with Crippen LogP contribution in [0, 0.1) is 0 Å². The fourth-order valence-corrected chi connectivity index (χ4v) is 1.98. The van der Waals surface area contributed by atoms with Crippen molar-refractivity contribution in [1.29, 1.82) is 0 Å². The van der Waals surface area contributed by atoms with Gasteiger partial charge in [-0.15, -0.1) is 0 Å². The Morgan fingerprint density at radius 3 is 2.25 bits per heavy atom. The highest BCUT2D eigenvalue weighted by molar-refractivity contribution is 9.10. The summed E-state index contributed by atoms with van der Waals surface area (Å²) in [5, 5.41) is 0.626. The molecule has 2 aromatic carbocycles. The third kappa shape index (κ3) is 4.48. The topological polar surface area (TPSA) is 17.1 Å². The van der Waals surface area contributed by atoms with Crippen LogP contribution in [0.4, 0.5) is 0 Å². The number of allylic oxidation sites excluding steroid dienone is 3. The molecule has 0 heterocycles. The second-order valence-corrected chi connectivity index (χ2v) is 5.49. The van der Waals surface area contributed by atoms with Gasteiger partial charge in [-0.05, 0) is 48.0 Å². The fourth-order valence-electron chi connectivity index (χ4n) is 1.59. The van der Waals surface area contributed by atoms with Crippen molar-refractivity contribution in [2.45, 2.75) is 0 Å². The number of benzene rings is 2. The van der Waals surface area contributed by atoms with Crippen molar-refractivity contribution in [2.75, 3.05) is 0 Å². The van der Waals surface area contributed by atoms with Gasteiger partial charge in [-0.25, -0.2) is 0 Å². The molecule has 0 aromatic heterocycles. The average Bonchev–Trinajstić information content (AvgIpc) is 2.46. The van der Waals surface area contributed by atoms with Gasteiger partial charge < -0.3 is 0 Å². The van der Waals surface area contributed by atoms with Gasteiger partial charge in [-0.2, -0.15) is 0 Å². The van der Waals surface area contributed by atoms with Gasteiger partial charge in [0.15, 0.2) is 5.78 Å². The fraction of sp³-hybridized carbons (Fsp3) is 0. The van der Waals surface area contributed by atoms with Crippen LogP contribution in [0.15, 0.2) is 71.2 Å². The molecule has 0 radical (unpaired) electrons. The maximum absolute atomic E-state index is 11.8. The summed E-state index contributed by atoms with van der Waals surface area (Å²) < 4.78 is 1.04. The Balaban J connectivity index is 1.97. The Bertz CT molecular complexity index is 640. The Morgan fingerprint density at radius 2 is 1.60 bits per heavy atom. The molecule has 2 aromatic rings. The molecule has 0 aliphatic rings. The second kappa shape index (κ2) is 7.22. The molecule has 0 amide bonds. The van der Waals surface area contributed by atoms with Gasteiger partial charge in [0.05, 0.1) is 0 Å². The van der Waals surface area contributed by atoms with Gasteiger partial charge >= 0.3 is 0 Å². The van der Waals surface area contributed by atoms with Crippen molar-refractivity contribution in [1.82, 2.24) is 0 Å². The Hall–Kier alpha value is -1.64. The van der Waals surface area contributed by atoms with Crippen LogP contribution in [-0.4, -0.2) is 5.78 Å². The zero-order valence-corrected chi connectivity index (χ0v) is 12.9. The summed E-state index contributed by atoms with van der Waals surface area (Å²) in [7, 11) is 0. The first-order valence-corrected chi connectivity index (χ1v) is 7.22. The number of rotatable bonds is 4. The van der Waals surface area contributed by atoms with Crippen LogP contribution >= 0.6 is 27.5 Å². The zero-order valence-electron chi connectivity index (χ0n) is 10.6. The number of ketones is 1. The van der Waals surface area contributed by atoms with E-state index in [2.05, 4.69) is 15.9 Å². The molecule has 0 bridgehead atoms. The highest BCUT2D eigenvalue weighted by atomic mass is 79.9. The lowest BCUT2D eigenvalue weighted by Gasteiger charge is -1.95. The van der Waals surface area contributed by atoms with Crippen LogP contribution in [0.2, 0.25) is 5.02 Å². The van der Waals surface area contributed by atoms with E-state index in [4.69, 9.17) is 11.6 Å². The van der Waals surface area contributed by atoms with Crippen LogP contribution < -0.4 is 0 Å². The minimum Gasteiger partial charge on any atom is -0.289 e. The Kier molecular flexibility index (Phi) is 5.33. The summed E-state index contributed by atoms with van der Waals surface area (Å²) in [4.78, 5) is 11.8. The normalized spacial score (nSPS) is 11.3. The van der Waals surface area contributed by atoms with Crippen molar-refractivity contribution >= 4 is 39.4 Å². The van der Waals surface area contributed by atoms with Gasteiger partial charge in [0.2, 0.25) is 0 Å². The van der Waals surface area contributed by atoms with Crippen LogP contribution in [0.25, 0.3) is 6.08 Å². The number of halogens is 2. The Morgan fingerprint density at radius 1 is 0.950 bits per heavy atom. The highest BCUT2D eigenvalue weighted by Crippen LogP contribution is 2.12. The molecule has 0 saturated heterocycles. The largest absolute Gasteiger partial charge is 0.289 e. The van der Waals surface area contributed by atoms with Gasteiger partial charge in [-0.1, -0.05) is 57.9 Å². The van der Waals surface area contributed by atoms with Gasteiger partial charge in [0.1, 0.15) is 0 Å². The van der Waals surface area contributed by atoms with Gasteiger partial charge in [-0.3, -0.25) is 4.79 Å². The smallest absolute Gasteiger partial charge is 0.185 e. The van der Waals surface area contributed by atoms with Crippen molar-refractivity contribution in [2.24, 2.45) is 0 Å². The van der Waals surface area contributed by atoms with E-state index in [9.17, 15) is 4.79 Å². The summed E-state index contributed by atoms with van der Waals surface area (Å²) in [5.41, 5.74) is 1.71. The number of carbonyl (C=O) groups is 1. The standard InChI is InChI=1S/C17H12BrClO/c18-15-9-5-13(6-10-15)3-1-2-4-17(20)14-7-11-16(19)12-8-14/h1-12H/b3-1+,4-2+. The molecule has 0 saturated carbocycles. The lowest BCUT2D eigenvalue weighted by molar-refractivity contribution is 0.104. The monoisotopic (exact) mass is 346 g/mol. The molecule has 1 nitrogen and oxygen atoms in total. The maximum atomic E-state index is 11.8. The average molecular weight is 348 g/mol. The van der Waals surface area contributed by atoms with Crippen molar-refractivity contribution in [3.05, 3.63) is 87.4 Å². The summed E-state index contributed by atoms with van der Waals surface area (Å²) in [6.45, 7) is 0. The molecule has 3 heteroatoms. The molecule has 0 atom stereocenters. The maximum Gasteiger partial charge on any atom is 0.185 e. The molecule has 0 aliphatic carbocycles. The lowest BCUT2D eigenvalue weighted by atomic mass is 10.1. The highest BCUT2D eigenvalue weighted by Gasteiger charge is 1.99. The summed E-state index contributed by atoms with van der Waals surface area (Å²) >= 11 is 9.16. The minimum atomic E-state index is -0.0397. The zero-order chi connectivity index (χ0) is 14.4. The SMILES string of the molecule is O=C(/C=C/C=C/c1ccc(Br)cc1)c1ccc(Cl)cc1. The van der Waals surface area contributed by atoms with Gasteiger partial charge in [0.25, 0.3) is 0 Å². The van der Waals surface area contributed by atoms with Crippen LogP contribution in [0.3, 0.4) is 0 Å². The summed E-state index contributed by atoms with van der Waals surface area (Å²) in [6.07, 6.45) is 7.06. The summed E-state index contributed by atoms with van der Waals surface area (Å²) in [6, 6.07) is 14.8. The van der Waals surface area contributed by atoms with E-state index in [1.54, 1.807) is 36.4 Å². The lowest BCUT2D eigenvalue weighted by Crippen LogP contribution is -1.92. The predicted octanol–water partition coefficient (Wildman–Crippen LogP) is 5.55. The van der Waals surface area contributed by atoms with Crippen LogP contribution in [-0.2, 0) is 0 Å². The van der Waals surface area contributed by atoms with E-state index in [0.717, 1.165) is 10.0 Å². The molecule has 100 valence electrons. The van der Waals surface area contributed by atoms with Crippen molar-refractivity contribution < 1.29 is 4.79 Å². The molecule has 20 heavy (non-hydrogen) atoms. The predicted molar refractivity (Wildman–Crippen MR) is 88.1 cm³/mol.